The van der Waals surface area contributed by atoms with E-state index >= 15 is 0 Å². The van der Waals surface area contributed by atoms with E-state index in [-0.39, 0.29) is 6.04 Å². The number of anilines is 1. The zero-order chi connectivity index (χ0) is 26.0. The largest absolute Gasteiger partial charge is 0.383 e. The number of aryl methyl sites for hydroxylation is 2. The van der Waals surface area contributed by atoms with Crippen molar-refractivity contribution in [2.75, 3.05) is 51.8 Å². The second kappa shape index (κ2) is 13.2. The number of methoxy groups -OCH3 is 1. The van der Waals surface area contributed by atoms with Gasteiger partial charge in [-0.3, -0.25) is 10.2 Å². The number of hydrogen-bond acceptors (Lipinski definition) is 5. The fourth-order valence-electron chi connectivity index (χ4n) is 4.53. The molecule has 0 radical (unpaired) electrons. The van der Waals surface area contributed by atoms with E-state index in [2.05, 4.69) is 91.1 Å². The lowest BCUT2D eigenvalue weighted by Gasteiger charge is -2.40. The molecular weight excluding hydrogens is 482 g/mol. The van der Waals surface area contributed by atoms with Crippen LogP contribution in [0.15, 0.2) is 71.7 Å². The SMILES string of the molecule is COCCNC(=S)/N=C(/Nc1nc(C)cc(C)n1)N1CCN(C(c2ccccc2)c2ccccc2)CC1. The summed E-state index contributed by atoms with van der Waals surface area (Å²) in [4.78, 5) is 18.6. The van der Waals surface area contributed by atoms with Gasteiger partial charge in [0.1, 0.15) is 0 Å². The fraction of sp³-hybridized carbons (Fsp3) is 0.357. The van der Waals surface area contributed by atoms with Gasteiger partial charge < -0.3 is 15.0 Å². The minimum atomic E-state index is 0.192. The van der Waals surface area contributed by atoms with Crippen molar-refractivity contribution >= 4 is 29.2 Å². The highest BCUT2D eigenvalue weighted by Gasteiger charge is 2.28. The molecule has 1 aliphatic rings. The number of ether oxygens (including phenoxy) is 1. The first-order chi connectivity index (χ1) is 18.0. The van der Waals surface area contributed by atoms with Gasteiger partial charge >= 0.3 is 0 Å². The second-order valence-corrected chi connectivity index (χ2v) is 9.39. The Morgan fingerprint density at radius 3 is 2.05 bits per heavy atom. The van der Waals surface area contributed by atoms with Crippen molar-refractivity contribution in [1.29, 1.82) is 0 Å². The summed E-state index contributed by atoms with van der Waals surface area (Å²) in [5.41, 5.74) is 4.38. The molecule has 2 aromatic carbocycles. The second-order valence-electron chi connectivity index (χ2n) is 9.01. The number of nitrogens with one attached hydrogen (secondary N) is 2. The molecule has 0 saturated carbocycles. The zero-order valence-corrected chi connectivity index (χ0v) is 22.5. The Kier molecular flexibility index (Phi) is 9.53. The molecule has 2 heterocycles. The van der Waals surface area contributed by atoms with Crippen LogP contribution >= 0.6 is 12.2 Å². The van der Waals surface area contributed by atoms with Gasteiger partial charge in [-0.25, -0.2) is 9.97 Å². The monoisotopic (exact) mass is 517 g/mol. The Bertz CT molecular complexity index is 1120. The first-order valence-corrected chi connectivity index (χ1v) is 13.0. The third kappa shape index (κ3) is 7.55. The molecule has 0 bridgehead atoms. The number of aromatic nitrogens is 2. The quantitative estimate of drug-likeness (QED) is 0.212. The van der Waals surface area contributed by atoms with Crippen molar-refractivity contribution in [2.45, 2.75) is 19.9 Å². The Labute approximate surface area is 224 Å². The zero-order valence-electron chi connectivity index (χ0n) is 21.7. The maximum atomic E-state index is 5.50. The van der Waals surface area contributed by atoms with Crippen LogP contribution in [0.4, 0.5) is 5.95 Å². The summed E-state index contributed by atoms with van der Waals surface area (Å²) in [6, 6.07) is 23.5. The van der Waals surface area contributed by atoms with E-state index in [1.54, 1.807) is 7.11 Å². The number of benzene rings is 2. The van der Waals surface area contributed by atoms with Gasteiger partial charge in [0.25, 0.3) is 0 Å². The Hall–Kier alpha value is -3.40. The van der Waals surface area contributed by atoms with E-state index in [1.807, 2.05) is 19.9 Å². The minimum absolute atomic E-state index is 0.192. The topological polar surface area (TPSA) is 77.9 Å². The van der Waals surface area contributed by atoms with Crippen LogP contribution in [-0.2, 0) is 4.74 Å². The summed E-state index contributed by atoms with van der Waals surface area (Å²) in [6.45, 7) is 8.37. The minimum Gasteiger partial charge on any atom is -0.383 e. The molecule has 9 heteroatoms. The lowest BCUT2D eigenvalue weighted by molar-refractivity contribution is 0.150. The summed E-state index contributed by atoms with van der Waals surface area (Å²) in [7, 11) is 1.66. The molecular formula is C28H35N7OS. The maximum Gasteiger partial charge on any atom is 0.229 e. The molecule has 8 nitrogen and oxygen atoms in total. The number of thiocarbonyl (C=S) groups is 1. The maximum absolute atomic E-state index is 5.50. The van der Waals surface area contributed by atoms with Crippen molar-refractivity contribution in [3.05, 3.63) is 89.2 Å². The average Bonchev–Trinajstić information content (AvgIpc) is 2.90. The van der Waals surface area contributed by atoms with E-state index in [9.17, 15) is 0 Å². The van der Waals surface area contributed by atoms with Crippen molar-refractivity contribution in [2.24, 2.45) is 4.99 Å². The van der Waals surface area contributed by atoms with Crippen LogP contribution in [0.5, 0.6) is 0 Å². The van der Waals surface area contributed by atoms with Gasteiger partial charge in [0, 0.05) is 51.2 Å². The Morgan fingerprint density at radius 2 is 1.51 bits per heavy atom. The fourth-order valence-corrected chi connectivity index (χ4v) is 4.72. The van der Waals surface area contributed by atoms with Crippen LogP contribution in [-0.4, -0.2) is 77.3 Å². The highest BCUT2D eigenvalue weighted by molar-refractivity contribution is 7.80. The smallest absolute Gasteiger partial charge is 0.229 e. The number of piperazine rings is 1. The van der Waals surface area contributed by atoms with Crippen LogP contribution in [0.3, 0.4) is 0 Å². The van der Waals surface area contributed by atoms with E-state index in [0.29, 0.717) is 30.2 Å². The van der Waals surface area contributed by atoms with E-state index in [0.717, 1.165) is 37.6 Å². The molecule has 1 fully saturated rings. The molecule has 4 rings (SSSR count). The summed E-state index contributed by atoms with van der Waals surface area (Å²) in [5, 5.41) is 6.87. The van der Waals surface area contributed by atoms with Crippen LogP contribution < -0.4 is 10.6 Å². The van der Waals surface area contributed by atoms with Gasteiger partial charge in [-0.2, -0.15) is 4.99 Å². The van der Waals surface area contributed by atoms with Crippen molar-refractivity contribution in [1.82, 2.24) is 25.1 Å². The predicted octanol–water partition coefficient (Wildman–Crippen LogP) is 3.79. The molecule has 194 valence electrons. The number of rotatable bonds is 7. The van der Waals surface area contributed by atoms with Gasteiger partial charge in [0.15, 0.2) is 5.11 Å². The van der Waals surface area contributed by atoms with Gasteiger partial charge in [0.05, 0.1) is 12.6 Å². The summed E-state index contributed by atoms with van der Waals surface area (Å²) < 4.78 is 5.12. The molecule has 0 amide bonds. The first kappa shape index (κ1) is 26.7. The highest BCUT2D eigenvalue weighted by Crippen LogP contribution is 2.29. The van der Waals surface area contributed by atoms with Gasteiger partial charge in [-0.05, 0) is 43.3 Å². The first-order valence-electron chi connectivity index (χ1n) is 12.6. The third-order valence-corrected chi connectivity index (χ3v) is 6.44. The lowest BCUT2D eigenvalue weighted by Crippen LogP contribution is -2.52. The third-order valence-electron chi connectivity index (χ3n) is 6.21. The molecule has 0 unspecified atom stereocenters. The molecule has 1 saturated heterocycles. The van der Waals surface area contributed by atoms with Gasteiger partial charge in [-0.1, -0.05) is 60.7 Å². The van der Waals surface area contributed by atoms with Crippen molar-refractivity contribution in [3.8, 4) is 0 Å². The summed E-state index contributed by atoms with van der Waals surface area (Å²) in [5.74, 6) is 1.17. The molecule has 1 aromatic heterocycles. The lowest BCUT2D eigenvalue weighted by atomic mass is 9.96. The highest BCUT2D eigenvalue weighted by atomic mass is 32.1. The van der Waals surface area contributed by atoms with Gasteiger partial charge in [-0.15, -0.1) is 0 Å². The molecule has 0 spiro atoms. The predicted molar refractivity (Wildman–Crippen MR) is 153 cm³/mol. The van der Waals surface area contributed by atoms with E-state index < -0.39 is 0 Å². The molecule has 1 aliphatic heterocycles. The number of hydrogen-bond donors (Lipinski definition) is 2. The summed E-state index contributed by atoms with van der Waals surface area (Å²) in [6.07, 6.45) is 0. The number of nitrogens with zero attached hydrogens (tertiary/aromatic N) is 5. The average molecular weight is 518 g/mol. The number of aliphatic imine (C=N–C) groups is 1. The van der Waals surface area contributed by atoms with Crippen molar-refractivity contribution < 1.29 is 4.74 Å². The van der Waals surface area contributed by atoms with Crippen LogP contribution in [0, 0.1) is 13.8 Å². The van der Waals surface area contributed by atoms with Crippen LogP contribution in [0.1, 0.15) is 28.6 Å². The van der Waals surface area contributed by atoms with Crippen molar-refractivity contribution in [3.63, 3.8) is 0 Å². The molecule has 0 atom stereocenters. The Morgan fingerprint density at radius 1 is 0.946 bits per heavy atom. The normalized spacial score (nSPS) is 14.6. The van der Waals surface area contributed by atoms with E-state index in [1.165, 1.54) is 11.1 Å². The standard InChI is InChI=1S/C28H35N7OS/c1-21-20-22(2)31-26(30-21)32-27(33-28(37)29-14-19-36-3)35-17-15-34(16-18-35)25(23-10-6-4-7-11-23)24-12-8-5-9-13-24/h4-13,20,25H,14-19H2,1-3H3,(H2,29,30,31,32,33,37). The van der Waals surface area contributed by atoms with Gasteiger partial charge in [0.2, 0.25) is 11.9 Å². The molecule has 3 aromatic rings. The molecule has 37 heavy (non-hydrogen) atoms. The number of guanidine groups is 1. The summed E-state index contributed by atoms with van der Waals surface area (Å²) >= 11 is 5.50. The molecule has 2 N–H and O–H groups in total. The Balaban J connectivity index is 1.53. The van der Waals surface area contributed by atoms with Crippen LogP contribution in [0.2, 0.25) is 0 Å². The van der Waals surface area contributed by atoms with E-state index in [4.69, 9.17) is 21.9 Å². The molecule has 0 aliphatic carbocycles. The van der Waals surface area contributed by atoms with Crippen LogP contribution in [0.25, 0.3) is 0 Å².